The van der Waals surface area contributed by atoms with Crippen molar-refractivity contribution in [2.24, 2.45) is 0 Å². The molecule has 2 aromatic heterocycles. The smallest absolute Gasteiger partial charge is 0.299 e. The van der Waals surface area contributed by atoms with Crippen LogP contribution >= 0.6 is 11.8 Å². The largest absolute Gasteiger partial charge is 0.416 e. The normalized spacial score (nSPS) is 11.9. The van der Waals surface area contributed by atoms with Gasteiger partial charge < -0.3 is 0 Å². The van der Waals surface area contributed by atoms with Gasteiger partial charge in [-0.15, -0.1) is 0 Å². The molecule has 29 heavy (non-hydrogen) atoms. The van der Waals surface area contributed by atoms with Gasteiger partial charge in [0.1, 0.15) is 11.3 Å². The molecule has 0 fully saturated rings. The third-order valence-electron chi connectivity index (χ3n) is 4.34. The predicted molar refractivity (Wildman–Crippen MR) is 104 cm³/mol. The summed E-state index contributed by atoms with van der Waals surface area (Å²) in [6, 6.07) is 15.0. The lowest BCUT2D eigenvalue weighted by molar-refractivity contribution is -0.137. The first-order valence-electron chi connectivity index (χ1n) is 8.75. The van der Waals surface area contributed by atoms with Crippen molar-refractivity contribution in [2.45, 2.75) is 23.6 Å². The van der Waals surface area contributed by atoms with Gasteiger partial charge in [-0.1, -0.05) is 42.1 Å². The number of pyridine rings is 1. The Labute approximate surface area is 168 Å². The lowest BCUT2D eigenvalue weighted by atomic mass is 10.1. The van der Waals surface area contributed by atoms with Crippen LogP contribution in [0.15, 0.2) is 72.0 Å². The molecule has 148 valence electrons. The molecule has 0 amide bonds. The fourth-order valence-corrected chi connectivity index (χ4v) is 3.89. The van der Waals surface area contributed by atoms with Crippen molar-refractivity contribution in [1.82, 2.24) is 14.5 Å². The summed E-state index contributed by atoms with van der Waals surface area (Å²) in [4.78, 5) is 8.96. The Morgan fingerprint density at radius 1 is 0.931 bits per heavy atom. The Balaban J connectivity index is 1.62. The van der Waals surface area contributed by atoms with E-state index in [4.69, 9.17) is 0 Å². The van der Waals surface area contributed by atoms with E-state index in [9.17, 15) is 17.6 Å². The maximum Gasteiger partial charge on any atom is 0.416 e. The highest BCUT2D eigenvalue weighted by atomic mass is 32.2. The first-order chi connectivity index (χ1) is 13.9. The standard InChI is InChI=1S/C21H15F4N3S/c22-17-8-6-14(7-9-17)12-28-19-18(5-2-10-26-19)27-20(28)29-13-15-3-1-4-16(11-15)21(23,24)25/h1-11H,12-13H2. The highest BCUT2D eigenvalue weighted by Gasteiger charge is 2.30. The summed E-state index contributed by atoms with van der Waals surface area (Å²) in [6.45, 7) is 0.429. The number of rotatable bonds is 5. The van der Waals surface area contributed by atoms with Crippen molar-refractivity contribution in [2.75, 3.05) is 0 Å². The minimum Gasteiger partial charge on any atom is -0.299 e. The lowest BCUT2D eigenvalue weighted by Crippen LogP contribution is -2.05. The van der Waals surface area contributed by atoms with Crippen molar-refractivity contribution in [1.29, 1.82) is 0 Å². The van der Waals surface area contributed by atoms with Crippen LogP contribution in [-0.2, 0) is 18.5 Å². The van der Waals surface area contributed by atoms with Gasteiger partial charge in [0.05, 0.1) is 12.1 Å². The summed E-state index contributed by atoms with van der Waals surface area (Å²) < 4.78 is 53.9. The molecule has 0 radical (unpaired) electrons. The number of nitrogens with zero attached hydrogens (tertiary/aromatic N) is 3. The van der Waals surface area contributed by atoms with Crippen LogP contribution in [0.5, 0.6) is 0 Å². The van der Waals surface area contributed by atoms with Crippen LogP contribution in [0.25, 0.3) is 11.2 Å². The molecule has 0 atom stereocenters. The average Bonchev–Trinajstić information content (AvgIpc) is 3.05. The number of halogens is 4. The van der Waals surface area contributed by atoms with Crippen molar-refractivity contribution in [3.63, 3.8) is 0 Å². The number of thioether (sulfide) groups is 1. The summed E-state index contributed by atoms with van der Waals surface area (Å²) >= 11 is 1.34. The Bertz CT molecular complexity index is 1140. The molecule has 0 aliphatic heterocycles. The van der Waals surface area contributed by atoms with Crippen LogP contribution < -0.4 is 0 Å². The monoisotopic (exact) mass is 417 g/mol. The molecule has 8 heteroatoms. The molecule has 2 heterocycles. The molecule has 0 unspecified atom stereocenters. The quantitative estimate of drug-likeness (QED) is 0.298. The van der Waals surface area contributed by atoms with Crippen LogP contribution in [0.4, 0.5) is 17.6 Å². The first kappa shape index (κ1) is 19.4. The zero-order chi connectivity index (χ0) is 20.4. The molecule has 2 aromatic carbocycles. The van der Waals surface area contributed by atoms with Gasteiger partial charge in [0.2, 0.25) is 0 Å². The van der Waals surface area contributed by atoms with Gasteiger partial charge in [0, 0.05) is 11.9 Å². The summed E-state index contributed by atoms with van der Waals surface area (Å²) in [6.07, 6.45) is -2.72. The molecule has 0 aliphatic carbocycles. The number of alkyl halides is 3. The highest BCUT2D eigenvalue weighted by molar-refractivity contribution is 7.98. The minimum atomic E-state index is -4.37. The number of hydrogen-bond donors (Lipinski definition) is 0. The van der Waals surface area contributed by atoms with E-state index in [-0.39, 0.29) is 5.82 Å². The van der Waals surface area contributed by atoms with Crippen LogP contribution in [0.2, 0.25) is 0 Å². The molecule has 4 aromatic rings. The maximum absolute atomic E-state index is 13.2. The van der Waals surface area contributed by atoms with Gasteiger partial charge in [-0.05, 0) is 41.5 Å². The molecule has 0 aliphatic rings. The molecular weight excluding hydrogens is 402 g/mol. The summed E-state index contributed by atoms with van der Waals surface area (Å²) in [5.74, 6) is 0.0120. The fraction of sp³-hybridized carbons (Fsp3) is 0.143. The minimum absolute atomic E-state index is 0.318. The Kier molecular flexibility index (Phi) is 5.27. The molecule has 0 saturated heterocycles. The van der Waals surface area contributed by atoms with E-state index in [0.717, 1.165) is 17.7 Å². The SMILES string of the molecule is Fc1ccc(Cn2c(SCc3cccc(C(F)(F)F)c3)nc3cccnc32)cc1. The van der Waals surface area contributed by atoms with Crippen LogP contribution in [0, 0.1) is 5.82 Å². The Morgan fingerprint density at radius 2 is 1.72 bits per heavy atom. The molecule has 0 saturated carbocycles. The van der Waals surface area contributed by atoms with Gasteiger partial charge >= 0.3 is 6.18 Å². The maximum atomic E-state index is 13.2. The summed E-state index contributed by atoms with van der Waals surface area (Å²) in [5, 5.41) is 0.639. The summed E-state index contributed by atoms with van der Waals surface area (Å²) in [7, 11) is 0. The van der Waals surface area contributed by atoms with Gasteiger partial charge in [-0.2, -0.15) is 13.2 Å². The van der Waals surface area contributed by atoms with Crippen molar-refractivity contribution >= 4 is 22.9 Å². The third-order valence-corrected chi connectivity index (χ3v) is 5.39. The lowest BCUT2D eigenvalue weighted by Gasteiger charge is -2.10. The van der Waals surface area contributed by atoms with Gasteiger partial charge in [-0.3, -0.25) is 4.57 Å². The van der Waals surface area contributed by atoms with Gasteiger partial charge in [0.15, 0.2) is 10.8 Å². The van der Waals surface area contributed by atoms with Crippen LogP contribution in [0.1, 0.15) is 16.7 Å². The molecular formula is C21H15F4N3S. The van der Waals surface area contributed by atoms with E-state index in [1.165, 1.54) is 30.0 Å². The molecule has 0 N–H and O–H groups in total. The fourth-order valence-electron chi connectivity index (χ4n) is 2.95. The van der Waals surface area contributed by atoms with Crippen LogP contribution in [0.3, 0.4) is 0 Å². The van der Waals surface area contributed by atoms with E-state index < -0.39 is 11.7 Å². The Morgan fingerprint density at radius 3 is 2.48 bits per heavy atom. The summed E-state index contributed by atoms with van der Waals surface area (Å²) in [5.41, 5.74) is 2.12. The zero-order valence-corrected chi connectivity index (χ0v) is 15.8. The second-order valence-electron chi connectivity index (χ2n) is 6.44. The average molecular weight is 417 g/mol. The van der Waals surface area contributed by atoms with E-state index >= 15 is 0 Å². The number of fused-ring (bicyclic) bond motifs is 1. The molecule has 0 bridgehead atoms. The Hall–Kier alpha value is -2.87. The second kappa shape index (κ2) is 7.87. The number of hydrogen-bond acceptors (Lipinski definition) is 3. The van der Waals surface area contributed by atoms with Gasteiger partial charge in [0.25, 0.3) is 0 Å². The van der Waals surface area contributed by atoms with Crippen LogP contribution in [-0.4, -0.2) is 14.5 Å². The molecule has 4 rings (SSSR count). The van der Waals surface area contributed by atoms with E-state index in [1.54, 1.807) is 30.5 Å². The van der Waals surface area contributed by atoms with Gasteiger partial charge in [-0.25, -0.2) is 14.4 Å². The predicted octanol–water partition coefficient (Wildman–Crippen LogP) is 5.93. The second-order valence-corrected chi connectivity index (χ2v) is 7.38. The van der Waals surface area contributed by atoms with E-state index in [1.807, 2.05) is 10.6 Å². The van der Waals surface area contributed by atoms with Crippen molar-refractivity contribution in [3.8, 4) is 0 Å². The number of imidazole rings is 1. The third kappa shape index (κ3) is 4.42. The number of benzene rings is 2. The molecule has 3 nitrogen and oxygen atoms in total. The topological polar surface area (TPSA) is 30.7 Å². The molecule has 0 spiro atoms. The van der Waals surface area contributed by atoms with Crippen molar-refractivity contribution < 1.29 is 17.6 Å². The van der Waals surface area contributed by atoms with E-state index in [2.05, 4.69) is 9.97 Å². The van der Waals surface area contributed by atoms with Crippen molar-refractivity contribution in [3.05, 3.63) is 89.4 Å². The first-order valence-corrected chi connectivity index (χ1v) is 9.73. The zero-order valence-electron chi connectivity index (χ0n) is 15.0. The van der Waals surface area contributed by atoms with E-state index in [0.29, 0.717) is 34.2 Å². The number of aromatic nitrogens is 3. The highest BCUT2D eigenvalue weighted by Crippen LogP contribution is 2.32.